The maximum absolute atomic E-state index is 10.1. The monoisotopic (exact) mass is 360 g/mol. The van der Waals surface area contributed by atoms with Crippen molar-refractivity contribution in [2.45, 2.75) is 0 Å². The van der Waals surface area contributed by atoms with Crippen LogP contribution in [0.3, 0.4) is 0 Å². The highest BCUT2D eigenvalue weighted by molar-refractivity contribution is 7.16. The van der Waals surface area contributed by atoms with Crippen LogP contribution in [0.4, 0.5) is 17.3 Å². The van der Waals surface area contributed by atoms with Crippen molar-refractivity contribution in [3.05, 3.63) is 58.0 Å². The Labute approximate surface area is 151 Å². The number of nitrogens with zero attached hydrogens (tertiary/aromatic N) is 4. The molecule has 2 aromatic carbocycles. The first-order chi connectivity index (χ1) is 12.7. The number of nitrogens with one attached hydrogen (secondary N) is 2. The number of aromatic amines is 1. The van der Waals surface area contributed by atoms with Crippen molar-refractivity contribution < 1.29 is 5.11 Å². The van der Waals surface area contributed by atoms with Gasteiger partial charge < -0.3 is 15.4 Å². The van der Waals surface area contributed by atoms with E-state index in [1.54, 1.807) is 17.5 Å². The number of thiazole rings is 1. The highest BCUT2D eigenvalue weighted by Crippen LogP contribution is 2.25. The Bertz CT molecular complexity index is 1290. The number of hydrogen-bond donors (Lipinski definition) is 3. The lowest BCUT2D eigenvalue weighted by atomic mass is 10.2. The summed E-state index contributed by atoms with van der Waals surface area (Å²) in [6.07, 6.45) is 3.53. The number of fused-ring (bicyclic) bond motifs is 2. The summed E-state index contributed by atoms with van der Waals surface area (Å²) in [4.78, 5) is 11.5. The Balaban J connectivity index is 1.47. The smallest absolute Gasteiger partial charge is 0.238 e. The van der Waals surface area contributed by atoms with E-state index in [9.17, 15) is 5.11 Å². The van der Waals surface area contributed by atoms with Crippen molar-refractivity contribution in [3.8, 4) is 5.88 Å². The van der Waals surface area contributed by atoms with Gasteiger partial charge in [0.1, 0.15) is 5.69 Å². The van der Waals surface area contributed by atoms with Gasteiger partial charge in [0.2, 0.25) is 11.8 Å². The molecule has 1 aliphatic heterocycles. The Hall–Kier alpha value is -3.52. The highest BCUT2D eigenvalue weighted by Gasteiger charge is 2.08. The van der Waals surface area contributed by atoms with Crippen molar-refractivity contribution >= 4 is 51.2 Å². The zero-order valence-electron chi connectivity index (χ0n) is 13.3. The standard InChI is InChI=1S/C18H12N6OS/c25-17-15(6-10-1-2-11-8-20-24-14(11)5-10)22-18(23-17)21-12-3-4-13-16(7-12)26-9-19-13/h1-9,25H,(H2,21,22,23)/b10-6+. The molecule has 126 valence electrons. The number of anilines is 2. The molecular weight excluding hydrogens is 348 g/mol. The van der Waals surface area contributed by atoms with Crippen LogP contribution in [0.25, 0.3) is 22.5 Å². The van der Waals surface area contributed by atoms with E-state index in [1.165, 1.54) is 0 Å². The average molecular weight is 360 g/mol. The fourth-order valence-corrected chi connectivity index (χ4v) is 3.49. The summed E-state index contributed by atoms with van der Waals surface area (Å²) in [5.41, 5.74) is 4.98. The second-order valence-electron chi connectivity index (χ2n) is 5.79. The predicted molar refractivity (Wildman–Crippen MR) is 101 cm³/mol. The predicted octanol–water partition coefficient (Wildman–Crippen LogP) is 3.13. The molecule has 1 aliphatic rings. The van der Waals surface area contributed by atoms with Gasteiger partial charge in [0.25, 0.3) is 0 Å². The first kappa shape index (κ1) is 14.8. The van der Waals surface area contributed by atoms with Gasteiger partial charge >= 0.3 is 0 Å². The molecule has 4 aromatic rings. The summed E-state index contributed by atoms with van der Waals surface area (Å²) in [5, 5.41) is 23.1. The molecule has 0 saturated heterocycles. The number of hydrogen-bond acceptors (Lipinski definition) is 7. The van der Waals surface area contributed by atoms with Crippen molar-refractivity contribution in [2.75, 3.05) is 5.32 Å². The number of azo groups is 1. The highest BCUT2D eigenvalue weighted by atomic mass is 32.1. The van der Waals surface area contributed by atoms with Crippen molar-refractivity contribution in [3.63, 3.8) is 0 Å². The number of benzene rings is 2. The van der Waals surface area contributed by atoms with E-state index in [0.717, 1.165) is 32.0 Å². The summed E-state index contributed by atoms with van der Waals surface area (Å²) in [6, 6.07) is 11.7. The molecule has 26 heavy (non-hydrogen) atoms. The molecule has 7 nitrogen and oxygen atoms in total. The summed E-state index contributed by atoms with van der Waals surface area (Å²) in [7, 11) is 0. The summed E-state index contributed by atoms with van der Waals surface area (Å²) in [5.74, 6) is 0.395. The van der Waals surface area contributed by atoms with Crippen LogP contribution in [0.2, 0.25) is 0 Å². The van der Waals surface area contributed by atoms with Crippen molar-refractivity contribution in [1.82, 2.24) is 15.0 Å². The minimum Gasteiger partial charge on any atom is -0.492 e. The number of H-pyrrole nitrogens is 1. The Morgan fingerprint density at radius 1 is 1.15 bits per heavy atom. The molecule has 0 radical (unpaired) electrons. The van der Waals surface area contributed by atoms with E-state index >= 15 is 0 Å². The third-order valence-electron chi connectivity index (χ3n) is 4.03. The maximum atomic E-state index is 10.1. The number of aromatic nitrogens is 3. The first-order valence-electron chi connectivity index (χ1n) is 7.87. The molecule has 0 spiro atoms. The van der Waals surface area contributed by atoms with Gasteiger partial charge in [-0.2, -0.15) is 15.2 Å². The van der Waals surface area contributed by atoms with Gasteiger partial charge in [-0.05, 0) is 35.6 Å². The Morgan fingerprint density at radius 3 is 3.08 bits per heavy atom. The molecule has 0 atom stereocenters. The van der Waals surface area contributed by atoms with Crippen LogP contribution in [-0.4, -0.2) is 20.1 Å². The van der Waals surface area contributed by atoms with E-state index in [2.05, 4.69) is 30.5 Å². The van der Waals surface area contributed by atoms with Gasteiger partial charge in [-0.3, -0.25) is 0 Å². The van der Waals surface area contributed by atoms with Crippen molar-refractivity contribution in [2.24, 2.45) is 10.2 Å². The molecule has 0 aliphatic carbocycles. The quantitative estimate of drug-likeness (QED) is 0.523. The van der Waals surface area contributed by atoms with Gasteiger partial charge in [0.05, 0.1) is 27.6 Å². The maximum Gasteiger partial charge on any atom is 0.238 e. The van der Waals surface area contributed by atoms with E-state index in [4.69, 9.17) is 0 Å². The normalized spacial score (nSPS) is 13.2. The third kappa shape index (κ3) is 2.62. The fraction of sp³-hybridized carbons (Fsp3) is 0. The Morgan fingerprint density at radius 2 is 2.12 bits per heavy atom. The van der Waals surface area contributed by atoms with Crippen LogP contribution in [0, 0.1) is 0 Å². The molecule has 3 N–H and O–H groups in total. The number of aromatic hydroxyl groups is 1. The van der Waals surface area contributed by atoms with E-state index < -0.39 is 0 Å². The lowest BCUT2D eigenvalue weighted by molar-refractivity contribution is 0.455. The first-order valence-corrected chi connectivity index (χ1v) is 8.75. The van der Waals surface area contributed by atoms with E-state index in [1.807, 2.05) is 48.0 Å². The second kappa shape index (κ2) is 5.78. The zero-order valence-corrected chi connectivity index (χ0v) is 14.2. The van der Waals surface area contributed by atoms with Gasteiger partial charge in [-0.1, -0.05) is 12.1 Å². The van der Waals surface area contributed by atoms with Gasteiger partial charge in [0, 0.05) is 10.9 Å². The minimum absolute atomic E-state index is 0.0694. The van der Waals surface area contributed by atoms with Crippen molar-refractivity contribution in [1.29, 1.82) is 0 Å². The average Bonchev–Trinajstić information content (AvgIpc) is 3.35. The molecular formula is C18H12N6OS. The van der Waals surface area contributed by atoms with Crippen LogP contribution >= 0.6 is 11.3 Å². The zero-order chi connectivity index (χ0) is 17.5. The molecule has 0 fully saturated rings. The molecule has 2 aromatic heterocycles. The molecule has 0 saturated carbocycles. The van der Waals surface area contributed by atoms with Gasteiger partial charge in [0.15, 0.2) is 0 Å². The molecule has 8 heteroatoms. The molecule has 5 rings (SSSR count). The van der Waals surface area contributed by atoms with Gasteiger partial charge in [-0.15, -0.1) is 11.3 Å². The fourth-order valence-electron chi connectivity index (χ4n) is 2.77. The van der Waals surface area contributed by atoms with E-state index in [-0.39, 0.29) is 5.88 Å². The van der Waals surface area contributed by atoms with Crippen LogP contribution in [0.15, 0.2) is 52.1 Å². The summed E-state index contributed by atoms with van der Waals surface area (Å²) < 4.78 is 1.08. The number of rotatable bonds is 3. The van der Waals surface area contributed by atoms with Gasteiger partial charge in [-0.25, -0.2) is 4.98 Å². The molecule has 0 bridgehead atoms. The lowest BCUT2D eigenvalue weighted by Crippen LogP contribution is -2.06. The topological polar surface area (TPSA) is 98.6 Å². The summed E-state index contributed by atoms with van der Waals surface area (Å²) >= 11 is 1.58. The second-order valence-corrected chi connectivity index (χ2v) is 6.68. The third-order valence-corrected chi connectivity index (χ3v) is 4.83. The van der Waals surface area contributed by atoms with Crippen LogP contribution in [-0.2, 0) is 0 Å². The lowest BCUT2D eigenvalue weighted by Gasteiger charge is -2.01. The molecule has 3 heterocycles. The van der Waals surface area contributed by atoms with Crippen LogP contribution in [0.5, 0.6) is 5.88 Å². The summed E-state index contributed by atoms with van der Waals surface area (Å²) in [6.45, 7) is 0. The number of imidazole rings is 1. The van der Waals surface area contributed by atoms with E-state index in [0.29, 0.717) is 11.6 Å². The van der Waals surface area contributed by atoms with Crippen LogP contribution < -0.4 is 15.8 Å². The van der Waals surface area contributed by atoms with Crippen LogP contribution in [0.1, 0.15) is 5.69 Å². The molecule has 0 amide bonds. The SMILES string of the molecule is Oc1nc(Nc2ccc3ncsc3c2)[nH]c1/C=c1\ccc2c(c1)N=NC=2. The Kier molecular flexibility index (Phi) is 3.29. The molecule has 0 unspecified atom stereocenters. The largest absolute Gasteiger partial charge is 0.492 e. The minimum atomic E-state index is -0.0694.